The summed E-state index contributed by atoms with van der Waals surface area (Å²) in [6.07, 6.45) is 9.48. The number of hydrogen-bond donors (Lipinski definition) is 1. The van der Waals surface area contributed by atoms with Crippen molar-refractivity contribution in [3.8, 4) is 0 Å². The summed E-state index contributed by atoms with van der Waals surface area (Å²) in [4.78, 5) is 39.1. The monoisotopic (exact) mass is 372 g/mol. The third-order valence-corrected chi connectivity index (χ3v) is 4.62. The molecule has 0 spiro atoms. The van der Waals surface area contributed by atoms with E-state index in [-0.39, 0.29) is 17.9 Å². The molecule has 0 bridgehead atoms. The van der Waals surface area contributed by atoms with Gasteiger partial charge in [0.05, 0.1) is 11.6 Å². The first-order valence-electron chi connectivity index (χ1n) is 8.64. The highest BCUT2D eigenvalue weighted by molar-refractivity contribution is 6.46. The molecule has 1 saturated heterocycles. The molecule has 7 nitrogen and oxygen atoms in total. The Labute approximate surface area is 161 Å². The van der Waals surface area contributed by atoms with Crippen molar-refractivity contribution in [3.63, 3.8) is 0 Å². The molecule has 4 rings (SSSR count). The Morgan fingerprint density at radius 3 is 2.00 bits per heavy atom. The Bertz CT molecular complexity index is 1040. The summed E-state index contributed by atoms with van der Waals surface area (Å²) < 4.78 is 0. The minimum atomic E-state index is -0.718. The van der Waals surface area contributed by atoms with E-state index in [9.17, 15) is 14.7 Å². The van der Waals surface area contributed by atoms with Crippen molar-refractivity contribution in [1.29, 1.82) is 0 Å². The van der Waals surface area contributed by atoms with Crippen molar-refractivity contribution in [3.05, 3.63) is 95.8 Å². The number of amides is 1. The van der Waals surface area contributed by atoms with E-state index in [1.807, 2.05) is 0 Å². The van der Waals surface area contributed by atoms with Crippen LogP contribution in [0.5, 0.6) is 0 Å². The molecule has 0 saturated carbocycles. The van der Waals surface area contributed by atoms with Crippen LogP contribution in [0.25, 0.3) is 5.76 Å². The average Bonchev–Trinajstić information content (AvgIpc) is 3.00. The van der Waals surface area contributed by atoms with Crippen LogP contribution in [0.3, 0.4) is 0 Å². The smallest absolute Gasteiger partial charge is 0.295 e. The number of hydrogen-bond acceptors (Lipinski definition) is 6. The van der Waals surface area contributed by atoms with Gasteiger partial charge in [-0.1, -0.05) is 0 Å². The fourth-order valence-corrected chi connectivity index (χ4v) is 3.29. The first kappa shape index (κ1) is 17.5. The van der Waals surface area contributed by atoms with Gasteiger partial charge in [-0.2, -0.15) is 0 Å². The lowest BCUT2D eigenvalue weighted by molar-refractivity contribution is -0.140. The fraction of sp³-hybridized carbons (Fsp3) is 0.0952. The molecule has 1 atom stereocenters. The molecular formula is C21H16N4O3. The Hall–Kier alpha value is -3.87. The van der Waals surface area contributed by atoms with Gasteiger partial charge >= 0.3 is 0 Å². The molecule has 0 radical (unpaired) electrons. The van der Waals surface area contributed by atoms with E-state index in [0.717, 1.165) is 5.56 Å². The van der Waals surface area contributed by atoms with Crippen LogP contribution in [0.4, 0.5) is 0 Å². The van der Waals surface area contributed by atoms with Crippen LogP contribution in [0.1, 0.15) is 22.7 Å². The van der Waals surface area contributed by atoms with Crippen LogP contribution in [0.15, 0.2) is 79.2 Å². The third kappa shape index (κ3) is 3.14. The molecule has 3 aromatic heterocycles. The Kier molecular flexibility index (Phi) is 4.63. The largest absolute Gasteiger partial charge is 0.507 e. The molecule has 28 heavy (non-hydrogen) atoms. The lowest BCUT2D eigenvalue weighted by atomic mass is 9.96. The second kappa shape index (κ2) is 7.40. The maximum atomic E-state index is 12.9. The summed E-state index contributed by atoms with van der Waals surface area (Å²) >= 11 is 0. The predicted octanol–water partition coefficient (Wildman–Crippen LogP) is 2.49. The van der Waals surface area contributed by atoms with Gasteiger partial charge in [0.1, 0.15) is 5.76 Å². The van der Waals surface area contributed by atoms with E-state index in [4.69, 9.17) is 0 Å². The summed E-state index contributed by atoms with van der Waals surface area (Å²) in [5.74, 6) is -1.60. The lowest BCUT2D eigenvalue weighted by Gasteiger charge is -2.25. The number of carbonyl (C=O) groups is 2. The van der Waals surface area contributed by atoms with Crippen molar-refractivity contribution in [2.75, 3.05) is 0 Å². The molecule has 1 N–H and O–H groups in total. The van der Waals surface area contributed by atoms with Crippen LogP contribution in [-0.2, 0) is 16.1 Å². The summed E-state index contributed by atoms with van der Waals surface area (Å²) in [7, 11) is 0. The van der Waals surface area contributed by atoms with Crippen molar-refractivity contribution in [2.24, 2.45) is 0 Å². The Morgan fingerprint density at radius 1 is 0.857 bits per heavy atom. The van der Waals surface area contributed by atoms with E-state index in [2.05, 4.69) is 15.0 Å². The number of aliphatic hydroxyl groups excluding tert-OH is 1. The quantitative estimate of drug-likeness (QED) is 0.429. The zero-order chi connectivity index (χ0) is 19.5. The van der Waals surface area contributed by atoms with Crippen molar-refractivity contribution in [2.45, 2.75) is 12.6 Å². The molecule has 1 aliphatic heterocycles. The number of rotatable bonds is 4. The molecule has 4 heterocycles. The number of pyridine rings is 3. The summed E-state index contributed by atoms with van der Waals surface area (Å²) in [6.45, 7) is 0.215. The van der Waals surface area contributed by atoms with Crippen LogP contribution in [0.2, 0.25) is 0 Å². The zero-order valence-corrected chi connectivity index (χ0v) is 14.8. The van der Waals surface area contributed by atoms with Crippen LogP contribution in [-0.4, -0.2) is 36.6 Å². The molecule has 0 aromatic carbocycles. The van der Waals surface area contributed by atoms with Gasteiger partial charge in [0.25, 0.3) is 11.7 Å². The maximum absolute atomic E-state index is 12.9. The predicted molar refractivity (Wildman–Crippen MR) is 101 cm³/mol. The molecular weight excluding hydrogens is 356 g/mol. The van der Waals surface area contributed by atoms with Gasteiger partial charge in [0, 0.05) is 49.3 Å². The number of carbonyl (C=O) groups excluding carboxylic acids is 2. The van der Waals surface area contributed by atoms with Crippen LogP contribution in [0, 0.1) is 0 Å². The van der Waals surface area contributed by atoms with E-state index in [1.54, 1.807) is 61.2 Å². The van der Waals surface area contributed by atoms with E-state index in [1.165, 1.54) is 17.3 Å². The first-order chi connectivity index (χ1) is 13.7. The number of aromatic nitrogens is 3. The molecule has 7 heteroatoms. The highest BCUT2D eigenvalue weighted by Crippen LogP contribution is 2.39. The van der Waals surface area contributed by atoms with Crippen LogP contribution >= 0.6 is 0 Å². The lowest BCUT2D eigenvalue weighted by Crippen LogP contribution is -2.29. The minimum Gasteiger partial charge on any atom is -0.507 e. The summed E-state index contributed by atoms with van der Waals surface area (Å²) in [6, 6.07) is 9.50. The number of aliphatic hydroxyl groups is 1. The Morgan fingerprint density at radius 2 is 1.39 bits per heavy atom. The van der Waals surface area contributed by atoms with Gasteiger partial charge in [0.2, 0.25) is 0 Å². The van der Waals surface area contributed by atoms with Crippen molar-refractivity contribution < 1.29 is 14.7 Å². The van der Waals surface area contributed by atoms with Crippen LogP contribution < -0.4 is 0 Å². The molecule has 1 fully saturated rings. The third-order valence-electron chi connectivity index (χ3n) is 4.62. The highest BCUT2D eigenvalue weighted by Gasteiger charge is 2.46. The molecule has 138 valence electrons. The van der Waals surface area contributed by atoms with Gasteiger partial charge in [-0.15, -0.1) is 0 Å². The molecule has 1 amide bonds. The van der Waals surface area contributed by atoms with E-state index < -0.39 is 17.7 Å². The average molecular weight is 372 g/mol. The van der Waals surface area contributed by atoms with Crippen molar-refractivity contribution in [1.82, 2.24) is 19.9 Å². The van der Waals surface area contributed by atoms with E-state index in [0.29, 0.717) is 11.1 Å². The molecule has 3 aromatic rings. The van der Waals surface area contributed by atoms with Gasteiger partial charge in [-0.25, -0.2) is 0 Å². The summed E-state index contributed by atoms with van der Waals surface area (Å²) in [5, 5.41) is 10.9. The number of likely N-dealkylation sites (tertiary alicyclic amines) is 1. The number of ketones is 1. The van der Waals surface area contributed by atoms with E-state index >= 15 is 0 Å². The Balaban J connectivity index is 1.85. The standard InChI is InChI=1S/C21H16N4O3/c26-19(16-5-11-24-12-6-16)17-18(15-3-9-23-10-4-15)25(21(28)20(17)27)13-14-1-7-22-8-2-14/h1-12,18,26H,13H2/b19-17+. The first-order valence-corrected chi connectivity index (χ1v) is 8.64. The van der Waals surface area contributed by atoms with Gasteiger partial charge < -0.3 is 10.0 Å². The van der Waals surface area contributed by atoms with Gasteiger partial charge in [0.15, 0.2) is 0 Å². The number of nitrogens with zero attached hydrogens (tertiary/aromatic N) is 4. The fourth-order valence-electron chi connectivity index (χ4n) is 3.29. The van der Waals surface area contributed by atoms with Gasteiger partial charge in [-0.05, 0) is 47.5 Å². The summed E-state index contributed by atoms with van der Waals surface area (Å²) in [5.41, 5.74) is 2.01. The molecule has 1 aliphatic rings. The van der Waals surface area contributed by atoms with Crippen molar-refractivity contribution >= 4 is 17.4 Å². The minimum absolute atomic E-state index is 0.0523. The normalized spacial score (nSPS) is 18.4. The molecule has 1 unspecified atom stereocenters. The maximum Gasteiger partial charge on any atom is 0.295 e. The zero-order valence-electron chi connectivity index (χ0n) is 14.8. The molecule has 0 aliphatic carbocycles. The number of Topliss-reactive ketones (excluding diaryl/α,β-unsaturated/α-hetero) is 1. The highest BCUT2D eigenvalue weighted by atomic mass is 16.3. The SMILES string of the molecule is O=C1C(=O)N(Cc2ccncc2)C(c2ccncc2)/C1=C(\O)c1ccncc1. The second-order valence-corrected chi connectivity index (χ2v) is 6.30. The topological polar surface area (TPSA) is 96.3 Å². The second-order valence-electron chi connectivity index (χ2n) is 6.30. The van der Waals surface area contributed by atoms with Gasteiger partial charge in [-0.3, -0.25) is 24.5 Å².